The summed E-state index contributed by atoms with van der Waals surface area (Å²) in [5.74, 6) is 0. The number of hydrogen-bond donors (Lipinski definition) is 0. The van der Waals surface area contributed by atoms with Crippen molar-refractivity contribution in [2.24, 2.45) is 0 Å². The van der Waals surface area contributed by atoms with Gasteiger partial charge >= 0.3 is 177 Å². The summed E-state index contributed by atoms with van der Waals surface area (Å²) in [5, 5.41) is 0. The van der Waals surface area contributed by atoms with Gasteiger partial charge in [-0.25, -0.2) is 0 Å². The second-order valence-electron chi connectivity index (χ2n) is 9.36. The predicted molar refractivity (Wildman–Crippen MR) is 128 cm³/mol. The van der Waals surface area contributed by atoms with E-state index < -0.39 is 7.22 Å². The molecule has 0 aliphatic carbocycles. The minimum absolute atomic E-state index is 0.239. The quantitative estimate of drug-likeness (QED) is 0.127. The third kappa shape index (κ3) is 13.5. The maximum absolute atomic E-state index is 16.1. The summed E-state index contributed by atoms with van der Waals surface area (Å²) in [6, 6.07) is 0. The molecule has 0 nitrogen and oxygen atoms in total. The van der Waals surface area contributed by atoms with Crippen molar-refractivity contribution in [2.75, 3.05) is 12.3 Å². The van der Waals surface area contributed by atoms with Crippen molar-refractivity contribution >= 4 is 7.22 Å². The Balaban J connectivity index is 4.54. The van der Waals surface area contributed by atoms with Crippen LogP contribution in [0.25, 0.3) is 0 Å². The first-order chi connectivity index (χ1) is 13.4. The van der Waals surface area contributed by atoms with Gasteiger partial charge in [0, 0.05) is 0 Å². The average molecular weight is 423 g/mol. The molecule has 0 amide bonds. The molecule has 0 saturated carbocycles. The van der Waals surface area contributed by atoms with E-state index in [0.717, 1.165) is 57.8 Å². The Hall–Kier alpha value is 0.290. The molecule has 0 bridgehead atoms. The van der Waals surface area contributed by atoms with Crippen molar-refractivity contribution < 1.29 is 8.39 Å². The maximum atomic E-state index is 16.1. The van der Waals surface area contributed by atoms with Crippen LogP contribution in [0.4, 0.5) is 8.39 Å². The van der Waals surface area contributed by atoms with E-state index in [1.807, 2.05) is 6.92 Å². The van der Waals surface area contributed by atoms with Gasteiger partial charge in [-0.2, -0.15) is 0 Å². The second-order valence-corrected chi connectivity index (χ2v) is 13.8. The zero-order valence-electron chi connectivity index (χ0n) is 19.9. The third-order valence-corrected chi connectivity index (χ3v) is 11.2. The summed E-state index contributed by atoms with van der Waals surface area (Å²) >= 11 is 0. The van der Waals surface area contributed by atoms with Crippen molar-refractivity contribution in [1.29, 1.82) is 0 Å². The molecule has 0 aliphatic rings. The molecule has 0 rings (SSSR count). The zero-order chi connectivity index (χ0) is 21.2. The molecule has 0 radical (unpaired) electrons. The van der Waals surface area contributed by atoms with Crippen LogP contribution in [-0.4, -0.2) is 18.0 Å². The number of halogens is 2. The van der Waals surface area contributed by atoms with Crippen molar-refractivity contribution in [3.63, 3.8) is 0 Å². The fraction of sp³-hybridized carbons (Fsp3) is 1.00. The fourth-order valence-electron chi connectivity index (χ4n) is 4.31. The molecular formula is C25H53F2P. The van der Waals surface area contributed by atoms with Gasteiger partial charge < -0.3 is 0 Å². The van der Waals surface area contributed by atoms with Crippen LogP contribution in [0.3, 0.4) is 0 Å². The molecule has 28 heavy (non-hydrogen) atoms. The Labute approximate surface area is 177 Å². The molecule has 0 heterocycles. The van der Waals surface area contributed by atoms with E-state index in [9.17, 15) is 0 Å². The molecule has 0 saturated heterocycles. The van der Waals surface area contributed by atoms with E-state index in [-0.39, 0.29) is 18.0 Å². The molecule has 0 fully saturated rings. The SMILES string of the molecule is CCCCCCCCP(F)(F)(CCCCCCCC)C(C)CCCCCCC. The van der Waals surface area contributed by atoms with Gasteiger partial charge in [0.2, 0.25) is 0 Å². The summed E-state index contributed by atoms with van der Waals surface area (Å²) in [5.41, 5.74) is -0.348. The van der Waals surface area contributed by atoms with Gasteiger partial charge in [0.1, 0.15) is 0 Å². The van der Waals surface area contributed by atoms with Gasteiger partial charge in [0.15, 0.2) is 0 Å². The molecule has 0 aliphatic heterocycles. The topological polar surface area (TPSA) is 0 Å². The molecule has 3 heteroatoms. The van der Waals surface area contributed by atoms with Crippen molar-refractivity contribution in [3.8, 4) is 0 Å². The number of rotatable bonds is 21. The van der Waals surface area contributed by atoms with Gasteiger partial charge in [0.05, 0.1) is 0 Å². The molecule has 0 aromatic rings. The first-order valence-electron chi connectivity index (χ1n) is 12.8. The van der Waals surface area contributed by atoms with E-state index in [0.29, 0.717) is 0 Å². The Kier molecular flexibility index (Phi) is 17.2. The number of unbranched alkanes of at least 4 members (excludes halogenated alkanes) is 14. The van der Waals surface area contributed by atoms with Gasteiger partial charge in [-0.3, -0.25) is 0 Å². The average Bonchev–Trinajstić information content (AvgIpc) is 2.67. The normalized spacial score (nSPS) is 14.7. The van der Waals surface area contributed by atoms with Gasteiger partial charge in [-0.05, 0) is 0 Å². The van der Waals surface area contributed by atoms with Crippen molar-refractivity contribution in [3.05, 3.63) is 0 Å². The monoisotopic (exact) mass is 422 g/mol. The van der Waals surface area contributed by atoms with E-state index in [1.165, 1.54) is 57.8 Å². The molecule has 1 atom stereocenters. The molecular weight excluding hydrogens is 369 g/mol. The molecule has 0 aromatic carbocycles. The van der Waals surface area contributed by atoms with Crippen LogP contribution in [0.5, 0.6) is 0 Å². The van der Waals surface area contributed by atoms with Crippen LogP contribution >= 0.6 is 7.22 Å². The van der Waals surface area contributed by atoms with E-state index in [2.05, 4.69) is 20.8 Å². The second kappa shape index (κ2) is 17.0. The van der Waals surface area contributed by atoms with Gasteiger partial charge in [-0.15, -0.1) is 0 Å². The van der Waals surface area contributed by atoms with Gasteiger partial charge in [0.25, 0.3) is 0 Å². The minimum atomic E-state index is -4.55. The molecule has 0 aromatic heterocycles. The standard InChI is InChI=1S/C25H53F2P/c1-5-8-11-14-17-20-23-28(26,27,24-21-18-15-12-9-6-2)25(4)22-19-16-13-10-7-3/h25H,5-24H2,1-4H3. The molecule has 0 spiro atoms. The van der Waals surface area contributed by atoms with Crippen LogP contribution in [0, 0.1) is 0 Å². The fourth-order valence-corrected chi connectivity index (χ4v) is 7.89. The van der Waals surface area contributed by atoms with Crippen LogP contribution in [-0.2, 0) is 0 Å². The van der Waals surface area contributed by atoms with E-state index in [4.69, 9.17) is 0 Å². The van der Waals surface area contributed by atoms with Gasteiger partial charge in [-0.1, -0.05) is 0 Å². The van der Waals surface area contributed by atoms with E-state index >= 15 is 8.39 Å². The molecule has 172 valence electrons. The van der Waals surface area contributed by atoms with Crippen LogP contribution in [0.15, 0.2) is 0 Å². The summed E-state index contributed by atoms with van der Waals surface area (Å²) in [7, 11) is -4.55. The third-order valence-electron chi connectivity index (χ3n) is 6.62. The zero-order valence-corrected chi connectivity index (χ0v) is 20.8. The number of hydrogen-bond acceptors (Lipinski definition) is 0. The van der Waals surface area contributed by atoms with Crippen LogP contribution in [0.1, 0.15) is 143 Å². The summed E-state index contributed by atoms with van der Waals surface area (Å²) in [6.45, 7) is 8.52. The predicted octanol–water partition coefficient (Wildman–Crippen LogP) is 10.8. The molecule has 1 unspecified atom stereocenters. The molecule has 0 N–H and O–H groups in total. The summed E-state index contributed by atoms with van der Waals surface area (Å²) in [6.07, 6.45) is 20.2. The summed E-state index contributed by atoms with van der Waals surface area (Å²) < 4.78 is 32.1. The Morgan fingerprint density at radius 3 is 1.21 bits per heavy atom. The van der Waals surface area contributed by atoms with Crippen LogP contribution in [0.2, 0.25) is 0 Å². The Morgan fingerprint density at radius 2 is 0.821 bits per heavy atom. The van der Waals surface area contributed by atoms with Crippen molar-refractivity contribution in [2.45, 2.75) is 149 Å². The first-order valence-corrected chi connectivity index (χ1v) is 15.3. The van der Waals surface area contributed by atoms with Crippen LogP contribution < -0.4 is 0 Å². The van der Waals surface area contributed by atoms with E-state index in [1.54, 1.807) is 0 Å². The van der Waals surface area contributed by atoms with Crippen molar-refractivity contribution in [1.82, 2.24) is 0 Å². The summed E-state index contributed by atoms with van der Waals surface area (Å²) in [4.78, 5) is 0. The Bertz CT molecular complexity index is 323. The Morgan fingerprint density at radius 1 is 0.500 bits per heavy atom. The first kappa shape index (κ1) is 28.3.